The molecular formula is C18H16F3N3S2. The van der Waals surface area contributed by atoms with E-state index in [1.54, 1.807) is 6.07 Å². The molecule has 3 rings (SSSR count). The van der Waals surface area contributed by atoms with E-state index in [2.05, 4.69) is 15.5 Å². The maximum Gasteiger partial charge on any atom is 0.416 e. The van der Waals surface area contributed by atoms with Crippen LogP contribution in [0.4, 0.5) is 24.0 Å². The van der Waals surface area contributed by atoms with Gasteiger partial charge in [-0.3, -0.25) is 0 Å². The molecule has 8 heteroatoms. The number of hydrogen-bond acceptors (Lipinski definition) is 5. The molecule has 3 aromatic rings. The SMILES string of the molecule is Cc1cccc(Nc2nnc(SCc3cccc(C(F)(F)F)c3)s2)c1C. The van der Waals surface area contributed by atoms with Crippen LogP contribution in [0, 0.1) is 13.8 Å². The van der Waals surface area contributed by atoms with Crippen molar-refractivity contribution in [3.05, 3.63) is 64.7 Å². The minimum atomic E-state index is -4.33. The van der Waals surface area contributed by atoms with Gasteiger partial charge >= 0.3 is 6.18 Å². The molecule has 2 aromatic carbocycles. The lowest BCUT2D eigenvalue weighted by Crippen LogP contribution is -2.04. The Bertz CT molecular complexity index is 907. The van der Waals surface area contributed by atoms with Gasteiger partial charge in [-0.25, -0.2) is 0 Å². The van der Waals surface area contributed by atoms with Gasteiger partial charge in [-0.15, -0.1) is 10.2 Å². The minimum absolute atomic E-state index is 0.405. The fourth-order valence-electron chi connectivity index (χ4n) is 2.30. The molecule has 0 aliphatic rings. The van der Waals surface area contributed by atoms with Crippen molar-refractivity contribution in [3.63, 3.8) is 0 Å². The average molecular weight is 395 g/mol. The van der Waals surface area contributed by atoms with Crippen molar-refractivity contribution in [2.24, 2.45) is 0 Å². The van der Waals surface area contributed by atoms with Gasteiger partial charge in [0.2, 0.25) is 5.13 Å². The van der Waals surface area contributed by atoms with Crippen molar-refractivity contribution in [2.75, 3.05) is 5.32 Å². The number of anilines is 2. The molecule has 0 fully saturated rings. The summed E-state index contributed by atoms with van der Waals surface area (Å²) in [5.74, 6) is 0.405. The first-order valence-corrected chi connectivity index (χ1v) is 9.59. The van der Waals surface area contributed by atoms with E-state index in [-0.39, 0.29) is 0 Å². The number of aryl methyl sites for hydroxylation is 1. The van der Waals surface area contributed by atoms with Gasteiger partial charge in [-0.1, -0.05) is 53.4 Å². The normalized spacial score (nSPS) is 11.6. The van der Waals surface area contributed by atoms with Crippen molar-refractivity contribution >= 4 is 33.9 Å². The molecule has 0 atom stereocenters. The van der Waals surface area contributed by atoms with Gasteiger partial charge in [0.05, 0.1) is 5.56 Å². The fourth-order valence-corrected chi connectivity index (χ4v) is 4.01. The zero-order valence-electron chi connectivity index (χ0n) is 14.1. The number of aromatic nitrogens is 2. The van der Waals surface area contributed by atoms with Crippen LogP contribution >= 0.6 is 23.1 Å². The van der Waals surface area contributed by atoms with Gasteiger partial charge < -0.3 is 5.32 Å². The van der Waals surface area contributed by atoms with Crippen molar-refractivity contribution < 1.29 is 13.2 Å². The Morgan fingerprint density at radius 3 is 2.62 bits per heavy atom. The van der Waals surface area contributed by atoms with Crippen molar-refractivity contribution in [1.29, 1.82) is 0 Å². The molecule has 0 amide bonds. The number of thioether (sulfide) groups is 1. The number of rotatable bonds is 5. The third-order valence-corrected chi connectivity index (χ3v) is 5.91. The van der Waals surface area contributed by atoms with Gasteiger partial charge in [0.15, 0.2) is 4.34 Å². The number of alkyl halides is 3. The second kappa shape index (κ2) is 7.67. The zero-order chi connectivity index (χ0) is 18.7. The smallest absolute Gasteiger partial charge is 0.330 e. The first-order chi connectivity index (χ1) is 12.3. The largest absolute Gasteiger partial charge is 0.416 e. The molecule has 136 valence electrons. The highest BCUT2D eigenvalue weighted by Gasteiger charge is 2.30. The van der Waals surface area contributed by atoms with E-state index in [0.29, 0.717) is 20.8 Å². The molecule has 1 aromatic heterocycles. The molecule has 1 N–H and O–H groups in total. The van der Waals surface area contributed by atoms with Gasteiger partial charge in [-0.05, 0) is 42.7 Å². The summed E-state index contributed by atoms with van der Waals surface area (Å²) in [6, 6.07) is 11.3. The van der Waals surface area contributed by atoms with Crippen molar-refractivity contribution in [2.45, 2.75) is 30.1 Å². The van der Waals surface area contributed by atoms with Gasteiger partial charge in [0, 0.05) is 11.4 Å². The predicted octanol–water partition coefficient (Wildman–Crippen LogP) is 6.21. The second-order valence-corrected chi connectivity index (χ2v) is 7.93. The Kier molecular flexibility index (Phi) is 5.52. The van der Waals surface area contributed by atoms with Crippen LogP contribution in [0.15, 0.2) is 46.8 Å². The molecular weight excluding hydrogens is 379 g/mol. The van der Waals surface area contributed by atoms with Crippen LogP contribution in [-0.4, -0.2) is 10.2 Å². The summed E-state index contributed by atoms with van der Waals surface area (Å²) >= 11 is 2.75. The molecule has 0 radical (unpaired) electrons. The summed E-state index contributed by atoms with van der Waals surface area (Å²) in [4.78, 5) is 0. The summed E-state index contributed by atoms with van der Waals surface area (Å²) in [5.41, 5.74) is 3.25. The first-order valence-electron chi connectivity index (χ1n) is 7.78. The molecule has 3 nitrogen and oxygen atoms in total. The molecule has 0 spiro atoms. The number of nitrogens with one attached hydrogen (secondary N) is 1. The van der Waals surface area contributed by atoms with Crippen LogP contribution < -0.4 is 5.32 Å². The van der Waals surface area contributed by atoms with Crippen LogP contribution in [-0.2, 0) is 11.9 Å². The summed E-state index contributed by atoms with van der Waals surface area (Å²) < 4.78 is 39.0. The number of hydrogen-bond donors (Lipinski definition) is 1. The Hall–Kier alpha value is -2.06. The lowest BCUT2D eigenvalue weighted by molar-refractivity contribution is -0.137. The van der Waals surface area contributed by atoms with Gasteiger partial charge in [0.1, 0.15) is 0 Å². The maximum atomic E-state index is 12.8. The zero-order valence-corrected chi connectivity index (χ0v) is 15.7. The molecule has 0 saturated carbocycles. The van der Waals surface area contributed by atoms with Crippen LogP contribution in [0.1, 0.15) is 22.3 Å². The quantitative estimate of drug-likeness (QED) is 0.521. The number of benzene rings is 2. The standard InChI is InChI=1S/C18H16F3N3S2/c1-11-5-3-8-15(12(11)2)22-16-23-24-17(26-16)25-10-13-6-4-7-14(9-13)18(19,20)21/h3-9H,10H2,1-2H3,(H,22,23). The Morgan fingerprint density at radius 2 is 1.85 bits per heavy atom. The lowest BCUT2D eigenvalue weighted by atomic mass is 10.1. The van der Waals surface area contributed by atoms with E-state index in [1.807, 2.05) is 32.0 Å². The number of nitrogens with zero attached hydrogens (tertiary/aromatic N) is 2. The second-order valence-electron chi connectivity index (χ2n) is 5.73. The summed E-state index contributed by atoms with van der Waals surface area (Å²) in [7, 11) is 0. The topological polar surface area (TPSA) is 37.8 Å². The van der Waals surface area contributed by atoms with E-state index in [1.165, 1.54) is 40.8 Å². The predicted molar refractivity (Wildman–Crippen MR) is 100 cm³/mol. The highest BCUT2D eigenvalue weighted by Crippen LogP contribution is 2.33. The van der Waals surface area contributed by atoms with Crippen LogP contribution in [0.2, 0.25) is 0 Å². The maximum absolute atomic E-state index is 12.8. The molecule has 1 heterocycles. The highest BCUT2D eigenvalue weighted by molar-refractivity contribution is 8.00. The number of halogens is 3. The van der Waals surface area contributed by atoms with Crippen LogP contribution in [0.3, 0.4) is 0 Å². The minimum Gasteiger partial charge on any atom is -0.330 e. The summed E-state index contributed by atoms with van der Waals surface area (Å²) in [6.45, 7) is 4.07. The Morgan fingerprint density at radius 1 is 1.08 bits per heavy atom. The summed E-state index contributed by atoms with van der Waals surface area (Å²) in [5, 5.41) is 12.1. The molecule has 0 saturated heterocycles. The third-order valence-electron chi connectivity index (χ3n) is 3.87. The van der Waals surface area contributed by atoms with E-state index in [9.17, 15) is 13.2 Å². The van der Waals surface area contributed by atoms with E-state index >= 15 is 0 Å². The molecule has 0 bridgehead atoms. The fraction of sp³-hybridized carbons (Fsp3) is 0.222. The third kappa shape index (κ3) is 4.56. The van der Waals surface area contributed by atoms with Gasteiger partial charge in [0.25, 0.3) is 0 Å². The lowest BCUT2D eigenvalue weighted by Gasteiger charge is -2.08. The monoisotopic (exact) mass is 395 g/mol. The average Bonchev–Trinajstić information content (AvgIpc) is 3.04. The van der Waals surface area contributed by atoms with E-state index in [0.717, 1.165) is 17.3 Å². The van der Waals surface area contributed by atoms with E-state index in [4.69, 9.17) is 0 Å². The van der Waals surface area contributed by atoms with Crippen molar-refractivity contribution in [3.8, 4) is 0 Å². The van der Waals surface area contributed by atoms with Gasteiger partial charge in [-0.2, -0.15) is 13.2 Å². The van der Waals surface area contributed by atoms with Crippen LogP contribution in [0.5, 0.6) is 0 Å². The molecule has 0 aliphatic heterocycles. The molecule has 26 heavy (non-hydrogen) atoms. The Balaban J connectivity index is 1.65. The molecule has 0 unspecified atom stereocenters. The summed E-state index contributed by atoms with van der Waals surface area (Å²) in [6.07, 6.45) is -4.33. The van der Waals surface area contributed by atoms with Crippen molar-refractivity contribution in [1.82, 2.24) is 10.2 Å². The first kappa shape index (κ1) is 18.7. The highest BCUT2D eigenvalue weighted by atomic mass is 32.2. The Labute approximate surface area is 157 Å². The van der Waals surface area contributed by atoms with Crippen LogP contribution in [0.25, 0.3) is 0 Å². The molecule has 0 aliphatic carbocycles. The van der Waals surface area contributed by atoms with E-state index < -0.39 is 11.7 Å².